The van der Waals surface area contributed by atoms with E-state index >= 15 is 0 Å². The maximum absolute atomic E-state index is 2.66. The second-order valence-electron chi connectivity index (χ2n) is 24.7. The quantitative estimate of drug-likeness (QED) is 0.160. The summed E-state index contributed by atoms with van der Waals surface area (Å²) in [6.45, 7) is 36.8. The summed E-state index contributed by atoms with van der Waals surface area (Å²) in [6.07, 6.45) is 0. The first-order chi connectivity index (χ1) is 31.9. The van der Waals surface area contributed by atoms with Gasteiger partial charge in [-0.3, -0.25) is 0 Å². The van der Waals surface area contributed by atoms with E-state index in [1.54, 1.807) is 0 Å². The third-order valence-electron chi connectivity index (χ3n) is 15.8. The van der Waals surface area contributed by atoms with Gasteiger partial charge in [-0.15, -0.1) is 0 Å². The predicted molar refractivity (Wildman–Crippen MR) is 296 cm³/mol. The molecule has 342 valence electrons. The molecule has 0 saturated heterocycles. The summed E-state index contributed by atoms with van der Waals surface area (Å²) in [5.74, 6) is 0. The average Bonchev–Trinajstić information content (AvgIpc) is 3.77. The largest absolute Gasteiger partial charge is 0.421 e. The second kappa shape index (κ2) is 14.7. The van der Waals surface area contributed by atoms with Gasteiger partial charge >= 0.3 is 14.0 Å². The molecule has 7 aromatic carbocycles. The Morgan fingerprint density at radius 1 is 0.279 bits per heavy atom. The highest BCUT2D eigenvalue weighted by atomic mass is 15.3. The number of hydrogen-bond acceptors (Lipinski definition) is 4. The van der Waals surface area contributed by atoms with Gasteiger partial charge in [0.05, 0.1) is 22.7 Å². The molecule has 0 atom stereocenters. The minimum atomic E-state index is -0.112. The van der Waals surface area contributed by atoms with Crippen LogP contribution in [0.1, 0.15) is 128 Å². The summed E-state index contributed by atoms with van der Waals surface area (Å²) in [5, 5.41) is 0. The van der Waals surface area contributed by atoms with Crippen LogP contribution < -0.4 is 30.2 Å². The molecule has 0 radical (unpaired) electrons. The van der Waals surface area contributed by atoms with Crippen molar-refractivity contribution >= 4 is 70.4 Å². The molecular weight excluding hydrogens is 822 g/mol. The Morgan fingerprint density at radius 3 is 0.853 bits per heavy atom. The summed E-state index contributed by atoms with van der Waals surface area (Å²) >= 11 is 0. The van der Waals surface area contributed by atoms with Gasteiger partial charge in [0.15, 0.2) is 0 Å². The number of aryl methyl sites for hydroxylation is 4. The summed E-state index contributed by atoms with van der Waals surface area (Å²) in [5.41, 5.74) is 28.4. The molecule has 0 saturated carbocycles. The fraction of sp³-hybridized carbons (Fsp3) is 0.323. The van der Waals surface area contributed by atoms with Gasteiger partial charge in [0.1, 0.15) is 0 Å². The van der Waals surface area contributed by atoms with Crippen molar-refractivity contribution in [2.45, 2.75) is 132 Å². The van der Waals surface area contributed by atoms with Crippen LogP contribution in [0, 0.1) is 27.7 Å². The number of rotatable bonds is 2. The van der Waals surface area contributed by atoms with Crippen molar-refractivity contribution in [3.05, 3.63) is 166 Å². The molecule has 0 fully saturated rings. The van der Waals surface area contributed by atoms with Crippen molar-refractivity contribution < 1.29 is 0 Å². The highest BCUT2D eigenvalue weighted by molar-refractivity contribution is 6.89. The van der Waals surface area contributed by atoms with E-state index in [0.717, 1.165) is 0 Å². The van der Waals surface area contributed by atoms with Crippen molar-refractivity contribution in [3.8, 4) is 22.3 Å². The minimum absolute atomic E-state index is 0.0321. The summed E-state index contributed by atoms with van der Waals surface area (Å²) in [4.78, 5) is 10.6. The molecule has 0 aromatic heterocycles. The van der Waals surface area contributed by atoms with Crippen LogP contribution in [0.15, 0.2) is 121 Å². The van der Waals surface area contributed by atoms with Crippen LogP contribution in [0.25, 0.3) is 22.3 Å². The van der Waals surface area contributed by atoms with E-state index in [0.29, 0.717) is 0 Å². The van der Waals surface area contributed by atoms with Gasteiger partial charge in [-0.25, -0.2) is 0 Å². The fourth-order valence-corrected chi connectivity index (χ4v) is 11.4. The van der Waals surface area contributed by atoms with E-state index in [1.807, 2.05) is 0 Å². The van der Waals surface area contributed by atoms with E-state index in [1.165, 1.54) is 123 Å². The first kappa shape index (κ1) is 44.4. The molecule has 0 unspecified atom stereocenters. The predicted octanol–water partition coefficient (Wildman–Crippen LogP) is 15.4. The van der Waals surface area contributed by atoms with Crippen molar-refractivity contribution in [3.63, 3.8) is 0 Å². The molecular formula is C62H68B2N4. The molecule has 4 heterocycles. The molecule has 7 aromatic rings. The first-order valence-electron chi connectivity index (χ1n) is 25.0. The number of anilines is 8. The van der Waals surface area contributed by atoms with Crippen molar-refractivity contribution in [2.24, 2.45) is 0 Å². The van der Waals surface area contributed by atoms with Gasteiger partial charge in [-0.1, -0.05) is 132 Å². The number of hydrogen-bond donors (Lipinski definition) is 0. The molecule has 11 rings (SSSR count). The van der Waals surface area contributed by atoms with Crippen LogP contribution in [-0.2, 0) is 21.7 Å². The lowest BCUT2D eigenvalue weighted by atomic mass is 9.53. The van der Waals surface area contributed by atoms with Gasteiger partial charge in [0.25, 0.3) is 0 Å². The van der Waals surface area contributed by atoms with Gasteiger partial charge in [0.2, 0.25) is 0 Å². The Kier molecular flexibility index (Phi) is 9.59. The van der Waals surface area contributed by atoms with Crippen molar-refractivity contribution in [1.82, 2.24) is 0 Å². The van der Waals surface area contributed by atoms with Crippen LogP contribution in [0.3, 0.4) is 0 Å². The van der Waals surface area contributed by atoms with E-state index in [9.17, 15) is 0 Å². The molecule has 6 heteroatoms. The maximum Gasteiger partial charge on any atom is 0.421 e. The second-order valence-corrected chi connectivity index (χ2v) is 24.7. The van der Waals surface area contributed by atoms with Crippen LogP contribution in [0.4, 0.5) is 45.5 Å². The summed E-state index contributed by atoms with van der Waals surface area (Å²) < 4.78 is 0. The minimum Gasteiger partial charge on any atom is -0.360 e. The fourth-order valence-electron chi connectivity index (χ4n) is 11.4. The van der Waals surface area contributed by atoms with Crippen LogP contribution in [-0.4, -0.2) is 14.0 Å². The molecule has 4 nitrogen and oxygen atoms in total. The molecule has 0 spiro atoms. The highest BCUT2D eigenvalue weighted by Gasteiger charge is 2.52. The first-order valence-corrected chi connectivity index (χ1v) is 25.0. The van der Waals surface area contributed by atoms with Gasteiger partial charge < -0.3 is 19.2 Å². The average molecular weight is 891 g/mol. The molecule has 0 bridgehead atoms. The highest BCUT2D eigenvalue weighted by Crippen LogP contribution is 2.56. The Morgan fingerprint density at radius 2 is 0.559 bits per heavy atom. The van der Waals surface area contributed by atoms with Crippen molar-refractivity contribution in [1.29, 1.82) is 0 Å². The number of benzene rings is 7. The topological polar surface area (TPSA) is 13.0 Å². The van der Waals surface area contributed by atoms with Crippen LogP contribution in [0.2, 0.25) is 0 Å². The lowest BCUT2D eigenvalue weighted by Gasteiger charge is -2.41. The zero-order valence-corrected chi connectivity index (χ0v) is 43.5. The lowest BCUT2D eigenvalue weighted by molar-refractivity contribution is 0.590. The molecule has 68 heavy (non-hydrogen) atoms. The zero-order chi connectivity index (χ0) is 48.3. The third kappa shape index (κ3) is 6.71. The molecule has 0 N–H and O–H groups in total. The monoisotopic (exact) mass is 891 g/mol. The Balaban J connectivity index is 1.24. The van der Waals surface area contributed by atoms with Crippen LogP contribution >= 0.6 is 0 Å². The normalized spacial score (nSPS) is 14.9. The number of fused-ring (bicyclic) bond motifs is 16. The Bertz CT molecular complexity index is 2950. The third-order valence-corrected chi connectivity index (χ3v) is 15.8. The molecule has 4 aliphatic rings. The van der Waals surface area contributed by atoms with Gasteiger partial charge in [-0.2, -0.15) is 0 Å². The van der Waals surface area contributed by atoms with Gasteiger partial charge in [0, 0.05) is 33.9 Å². The van der Waals surface area contributed by atoms with E-state index in [4.69, 9.17) is 0 Å². The van der Waals surface area contributed by atoms with Crippen LogP contribution in [0.5, 0.6) is 0 Å². The standard InChI is InChI=1S/C62H68B2N4/c1-37-29-55-57(31-39(37)3)67-53-27-21-43(61(11,12)13)33-49(53)47-36-52-48(35-51(47)63(67)65(55)45-23-17-41(18-24-45)59(5,6)7)50-34-44(62(14,15)16)22-28-54(50)68-58-32-40(4)38(2)30-56(58)66(64(52)68)46-25-19-42(20-26-46)60(8,9)10/h17-36H,1-16H3. The lowest BCUT2D eigenvalue weighted by Crippen LogP contribution is -2.59. The smallest absolute Gasteiger partial charge is 0.360 e. The Labute approximate surface area is 408 Å². The maximum atomic E-state index is 2.66. The zero-order valence-electron chi connectivity index (χ0n) is 43.5. The van der Waals surface area contributed by atoms with E-state index in [2.05, 4.69) is 251 Å². The van der Waals surface area contributed by atoms with Gasteiger partial charge in [-0.05, 0) is 189 Å². The van der Waals surface area contributed by atoms with E-state index in [-0.39, 0.29) is 35.6 Å². The SMILES string of the molecule is Cc1cc2c(cc1C)N1B(c3cc4c(cc3-c3cc(C(C)(C)C)ccc31)B1N(c3ccc(C(C)(C)C)cc3)c3cc(C)c(C)cc3N1c1ccc(C(C)(C)C)cc1-4)N2c1ccc(C(C)(C)C)cc1. The van der Waals surface area contributed by atoms with E-state index < -0.39 is 0 Å². The molecule has 4 aliphatic heterocycles. The summed E-state index contributed by atoms with van der Waals surface area (Å²) in [6, 6.07) is 48.5. The molecule has 0 aliphatic carbocycles. The number of nitrogens with zero attached hydrogens (tertiary/aromatic N) is 4. The molecule has 0 amide bonds. The Hall–Kier alpha value is -6.13. The summed E-state index contributed by atoms with van der Waals surface area (Å²) in [7, 11) is 0. The van der Waals surface area contributed by atoms with Crippen molar-refractivity contribution in [2.75, 3.05) is 19.2 Å².